The Morgan fingerprint density at radius 3 is 2.50 bits per heavy atom. The van der Waals surface area contributed by atoms with Crippen molar-refractivity contribution in [1.29, 1.82) is 0 Å². The smallest absolute Gasteiger partial charge is 0.363 e. The van der Waals surface area contributed by atoms with Gasteiger partial charge in [0.2, 0.25) is 0 Å². The van der Waals surface area contributed by atoms with Crippen molar-refractivity contribution in [3.63, 3.8) is 0 Å². The second-order valence-electron chi connectivity index (χ2n) is 4.12. The van der Waals surface area contributed by atoms with E-state index in [0.29, 0.717) is 12.1 Å². The van der Waals surface area contributed by atoms with E-state index in [1.165, 1.54) is 6.07 Å². The quantitative estimate of drug-likeness (QED) is 0.594. The number of morpholine rings is 1. The van der Waals surface area contributed by atoms with Gasteiger partial charge in [0.25, 0.3) is 0 Å². The van der Waals surface area contributed by atoms with E-state index >= 15 is 0 Å². The molecule has 3 rings (SSSR count). The molecule has 0 spiro atoms. The Kier molecular flexibility index (Phi) is 3.76. The molecule has 0 radical (unpaired) electrons. The summed E-state index contributed by atoms with van der Waals surface area (Å²) in [4.78, 5) is 16.1. The molecule has 2 fully saturated rings. The molecule has 2 saturated heterocycles. The van der Waals surface area contributed by atoms with Crippen LogP contribution in [0.25, 0.3) is 0 Å². The van der Waals surface area contributed by atoms with E-state index in [0.717, 1.165) is 25.3 Å². The van der Waals surface area contributed by atoms with Crippen LogP contribution in [0.2, 0.25) is 0 Å². The van der Waals surface area contributed by atoms with E-state index in [9.17, 15) is 10.1 Å². The van der Waals surface area contributed by atoms with Gasteiger partial charge in [-0.05, 0) is 22.4 Å². The number of hydrogen-bond donors (Lipinski definition) is 0. The first-order chi connectivity index (χ1) is 8.75. The number of nitrogens with zero attached hydrogens (tertiary/aromatic N) is 3. The second-order valence-corrected chi connectivity index (χ2v) is 4.12. The van der Waals surface area contributed by atoms with Gasteiger partial charge in [-0.25, -0.2) is 0 Å². The van der Waals surface area contributed by atoms with Crippen molar-refractivity contribution < 1.29 is 9.66 Å². The highest BCUT2D eigenvalue weighted by Gasteiger charge is 2.42. The molecule has 6 nitrogen and oxygen atoms in total. The van der Waals surface area contributed by atoms with Gasteiger partial charge in [0.15, 0.2) is 6.20 Å². The predicted octanol–water partition coefficient (Wildman–Crippen LogP) is 1.99. The van der Waals surface area contributed by atoms with Crippen molar-refractivity contribution in [2.45, 2.75) is 32.4 Å². The van der Waals surface area contributed by atoms with Crippen molar-refractivity contribution in [1.82, 2.24) is 4.98 Å². The minimum atomic E-state index is -0.482. The Morgan fingerprint density at radius 2 is 2.06 bits per heavy atom. The average molecular weight is 251 g/mol. The van der Waals surface area contributed by atoms with Crippen molar-refractivity contribution >= 4 is 11.5 Å². The first-order valence-corrected chi connectivity index (χ1v) is 6.22. The van der Waals surface area contributed by atoms with Crippen LogP contribution in [0.1, 0.15) is 20.3 Å². The van der Waals surface area contributed by atoms with Gasteiger partial charge < -0.3 is 19.8 Å². The molecule has 2 bridgehead atoms. The third-order valence-electron chi connectivity index (χ3n) is 3.17. The second kappa shape index (κ2) is 5.30. The first kappa shape index (κ1) is 12.8. The molecule has 18 heavy (non-hydrogen) atoms. The fourth-order valence-corrected chi connectivity index (χ4v) is 2.40. The predicted molar refractivity (Wildman–Crippen MR) is 67.7 cm³/mol. The fourth-order valence-electron chi connectivity index (χ4n) is 2.40. The van der Waals surface area contributed by atoms with Gasteiger partial charge in [0, 0.05) is 6.07 Å². The third kappa shape index (κ3) is 2.15. The SMILES string of the molecule is CC.O=[N+]([O-])c1ccc(N2C3COCC2C3)cn1. The molecule has 1 aromatic rings. The summed E-state index contributed by atoms with van der Waals surface area (Å²) >= 11 is 0. The summed E-state index contributed by atoms with van der Waals surface area (Å²) in [6, 6.07) is 4.05. The third-order valence-corrected chi connectivity index (χ3v) is 3.17. The zero-order valence-electron chi connectivity index (χ0n) is 10.6. The van der Waals surface area contributed by atoms with E-state index in [1.54, 1.807) is 12.3 Å². The normalized spacial score (nSPS) is 24.7. The minimum Gasteiger partial charge on any atom is -0.377 e. The molecule has 1 aromatic heterocycles. The zero-order valence-corrected chi connectivity index (χ0v) is 10.6. The molecule has 0 amide bonds. The van der Waals surface area contributed by atoms with Crippen LogP contribution < -0.4 is 4.90 Å². The number of aromatic nitrogens is 1. The first-order valence-electron chi connectivity index (χ1n) is 6.22. The van der Waals surface area contributed by atoms with Crippen molar-refractivity contribution in [3.8, 4) is 0 Å². The molecule has 2 atom stereocenters. The standard InChI is InChI=1S/C10H11N3O3.C2H6/c14-13(15)10-2-1-7(4-11-10)12-8-3-9(12)6-16-5-8;1-2/h1-2,4,8-9H,3,5-6H2;1-2H3. The topological polar surface area (TPSA) is 68.5 Å². The molecule has 2 aliphatic heterocycles. The van der Waals surface area contributed by atoms with Crippen LogP contribution in [0.4, 0.5) is 11.5 Å². The monoisotopic (exact) mass is 251 g/mol. The number of ether oxygens (including phenoxy) is 1. The molecule has 98 valence electrons. The molecule has 0 aliphatic carbocycles. The van der Waals surface area contributed by atoms with Crippen LogP contribution in [0.5, 0.6) is 0 Å². The number of anilines is 1. The van der Waals surface area contributed by atoms with E-state index in [1.807, 2.05) is 13.8 Å². The summed E-state index contributed by atoms with van der Waals surface area (Å²) in [5.41, 5.74) is 0.954. The maximum atomic E-state index is 10.5. The molecule has 0 N–H and O–H groups in total. The minimum absolute atomic E-state index is 0.106. The van der Waals surface area contributed by atoms with Gasteiger partial charge in [-0.3, -0.25) is 0 Å². The van der Waals surface area contributed by atoms with E-state index in [-0.39, 0.29) is 5.82 Å². The van der Waals surface area contributed by atoms with Crippen molar-refractivity contribution in [2.75, 3.05) is 18.1 Å². The Hall–Kier alpha value is -1.69. The van der Waals surface area contributed by atoms with Crippen LogP contribution in [0, 0.1) is 10.1 Å². The highest BCUT2D eigenvalue weighted by atomic mass is 16.6. The lowest BCUT2D eigenvalue weighted by Gasteiger charge is -2.53. The number of rotatable bonds is 2. The van der Waals surface area contributed by atoms with Gasteiger partial charge >= 0.3 is 5.82 Å². The number of hydrogen-bond acceptors (Lipinski definition) is 5. The Bertz CT molecular complexity index is 407. The maximum absolute atomic E-state index is 10.5. The largest absolute Gasteiger partial charge is 0.377 e. The zero-order chi connectivity index (χ0) is 13.1. The highest BCUT2D eigenvalue weighted by molar-refractivity contribution is 5.52. The Labute approximate surface area is 106 Å². The maximum Gasteiger partial charge on any atom is 0.363 e. The summed E-state index contributed by atoms with van der Waals surface area (Å²) in [6.07, 6.45) is 2.72. The van der Waals surface area contributed by atoms with Crippen molar-refractivity contribution in [3.05, 3.63) is 28.4 Å². The lowest BCUT2D eigenvalue weighted by Crippen LogP contribution is -2.64. The Balaban J connectivity index is 0.000000574. The van der Waals surface area contributed by atoms with E-state index in [4.69, 9.17) is 4.74 Å². The van der Waals surface area contributed by atoms with Gasteiger partial charge in [-0.15, -0.1) is 0 Å². The van der Waals surface area contributed by atoms with Crippen LogP contribution in [-0.2, 0) is 4.74 Å². The summed E-state index contributed by atoms with van der Waals surface area (Å²) in [5.74, 6) is -0.106. The highest BCUT2D eigenvalue weighted by Crippen LogP contribution is 2.35. The molecule has 0 saturated carbocycles. The van der Waals surface area contributed by atoms with Crippen LogP contribution in [0.3, 0.4) is 0 Å². The number of fused-ring (bicyclic) bond motifs is 2. The van der Waals surface area contributed by atoms with Gasteiger partial charge in [0.05, 0.1) is 31.0 Å². The fraction of sp³-hybridized carbons (Fsp3) is 0.583. The number of pyridine rings is 1. The van der Waals surface area contributed by atoms with Gasteiger partial charge in [-0.2, -0.15) is 0 Å². The molecule has 0 aromatic carbocycles. The van der Waals surface area contributed by atoms with Gasteiger partial charge in [-0.1, -0.05) is 13.8 Å². The summed E-state index contributed by atoms with van der Waals surface area (Å²) in [5, 5.41) is 10.5. The lowest BCUT2D eigenvalue weighted by molar-refractivity contribution is -0.389. The van der Waals surface area contributed by atoms with Gasteiger partial charge in [0.1, 0.15) is 0 Å². The molecule has 2 aliphatic rings. The molecular formula is C12H17N3O3. The van der Waals surface area contributed by atoms with E-state index in [2.05, 4.69) is 9.88 Å². The van der Waals surface area contributed by atoms with Crippen LogP contribution >= 0.6 is 0 Å². The lowest BCUT2D eigenvalue weighted by atomic mass is 9.91. The summed E-state index contributed by atoms with van der Waals surface area (Å²) < 4.78 is 5.37. The Morgan fingerprint density at radius 1 is 1.39 bits per heavy atom. The summed E-state index contributed by atoms with van der Waals surface area (Å²) in [6.45, 7) is 5.49. The molecule has 6 heteroatoms. The van der Waals surface area contributed by atoms with Crippen LogP contribution in [0.15, 0.2) is 18.3 Å². The average Bonchev–Trinajstić information content (AvgIpc) is 2.42. The number of nitro groups is 1. The molecular weight excluding hydrogens is 234 g/mol. The van der Waals surface area contributed by atoms with Crippen molar-refractivity contribution in [2.24, 2.45) is 0 Å². The summed E-state index contributed by atoms with van der Waals surface area (Å²) in [7, 11) is 0. The van der Waals surface area contributed by atoms with E-state index < -0.39 is 4.92 Å². The molecule has 3 heterocycles. The van der Waals surface area contributed by atoms with Crippen LogP contribution in [-0.4, -0.2) is 35.2 Å². The molecule has 2 unspecified atom stereocenters.